The Balaban J connectivity index is 1.85. The van der Waals surface area contributed by atoms with Gasteiger partial charge >= 0.3 is 0 Å². The molecule has 0 aromatic rings. The topological polar surface area (TPSA) is 49.5 Å². The molecule has 15 heavy (non-hydrogen) atoms. The Morgan fingerprint density at radius 2 is 1.93 bits per heavy atom. The molecule has 0 saturated heterocycles. The van der Waals surface area contributed by atoms with Crippen molar-refractivity contribution in [3.05, 3.63) is 0 Å². The molecule has 2 aliphatic rings. The van der Waals surface area contributed by atoms with Gasteiger partial charge in [-0.2, -0.15) is 0 Å². The van der Waals surface area contributed by atoms with Crippen LogP contribution < -0.4 is 5.73 Å². The van der Waals surface area contributed by atoms with Gasteiger partial charge in [-0.25, -0.2) is 0 Å². The molecule has 2 atom stereocenters. The van der Waals surface area contributed by atoms with Gasteiger partial charge in [-0.15, -0.1) is 0 Å². The van der Waals surface area contributed by atoms with Crippen LogP contribution in [-0.2, 0) is 0 Å². The van der Waals surface area contributed by atoms with Crippen LogP contribution in [0.3, 0.4) is 0 Å². The zero-order valence-electron chi connectivity index (χ0n) is 9.57. The summed E-state index contributed by atoms with van der Waals surface area (Å²) >= 11 is 0. The Bertz CT molecular complexity index is 194. The molecule has 3 heteroatoms. The Hall–Kier alpha value is -0.120. The monoisotopic (exact) mass is 212 g/mol. The van der Waals surface area contributed by atoms with Gasteiger partial charge in [0.2, 0.25) is 0 Å². The first-order valence-electron chi connectivity index (χ1n) is 6.43. The van der Waals surface area contributed by atoms with E-state index >= 15 is 0 Å². The standard InChI is InChI=1S/C12H24N2O/c13-10-5-6-12(9-10)14(7-2-8-15)11-3-1-4-11/h10-12,15H,1-9,13H2. The first kappa shape index (κ1) is 11.4. The molecule has 3 nitrogen and oxygen atoms in total. The molecule has 0 aliphatic heterocycles. The van der Waals surface area contributed by atoms with Gasteiger partial charge in [-0.05, 0) is 38.5 Å². The Morgan fingerprint density at radius 1 is 1.13 bits per heavy atom. The Kier molecular flexibility index (Phi) is 4.00. The number of aliphatic hydroxyl groups excluding tert-OH is 1. The summed E-state index contributed by atoms with van der Waals surface area (Å²) < 4.78 is 0. The van der Waals surface area contributed by atoms with Crippen LogP contribution in [0.2, 0.25) is 0 Å². The van der Waals surface area contributed by atoms with E-state index in [1.54, 1.807) is 0 Å². The van der Waals surface area contributed by atoms with Gasteiger partial charge in [0.1, 0.15) is 0 Å². The number of nitrogens with zero attached hydrogens (tertiary/aromatic N) is 1. The van der Waals surface area contributed by atoms with E-state index in [4.69, 9.17) is 10.8 Å². The summed E-state index contributed by atoms with van der Waals surface area (Å²) in [5.41, 5.74) is 5.98. The smallest absolute Gasteiger partial charge is 0.0443 e. The number of rotatable bonds is 5. The van der Waals surface area contributed by atoms with E-state index < -0.39 is 0 Å². The van der Waals surface area contributed by atoms with Crippen LogP contribution in [-0.4, -0.2) is 41.3 Å². The zero-order valence-corrected chi connectivity index (χ0v) is 9.57. The average Bonchev–Trinajstić information content (AvgIpc) is 2.56. The number of nitrogens with two attached hydrogens (primary N) is 1. The Morgan fingerprint density at radius 3 is 2.40 bits per heavy atom. The molecule has 0 bridgehead atoms. The average molecular weight is 212 g/mol. The number of aliphatic hydroxyl groups is 1. The van der Waals surface area contributed by atoms with Crippen molar-refractivity contribution >= 4 is 0 Å². The van der Waals surface area contributed by atoms with Crippen LogP contribution in [0.4, 0.5) is 0 Å². The van der Waals surface area contributed by atoms with Crippen molar-refractivity contribution in [1.82, 2.24) is 4.90 Å². The van der Waals surface area contributed by atoms with Crippen molar-refractivity contribution in [2.45, 2.75) is 63.1 Å². The summed E-state index contributed by atoms with van der Waals surface area (Å²) in [7, 11) is 0. The van der Waals surface area contributed by atoms with Crippen LogP contribution in [0.5, 0.6) is 0 Å². The minimum Gasteiger partial charge on any atom is -0.396 e. The molecule has 0 spiro atoms. The molecule has 2 aliphatic carbocycles. The van der Waals surface area contributed by atoms with Gasteiger partial charge in [0.25, 0.3) is 0 Å². The lowest BCUT2D eigenvalue weighted by Crippen LogP contribution is -2.46. The lowest BCUT2D eigenvalue weighted by molar-refractivity contribution is 0.0734. The molecule has 3 N–H and O–H groups in total. The molecule has 0 amide bonds. The second-order valence-electron chi connectivity index (χ2n) is 5.13. The highest BCUT2D eigenvalue weighted by atomic mass is 16.3. The maximum absolute atomic E-state index is 8.93. The summed E-state index contributed by atoms with van der Waals surface area (Å²) in [6.07, 6.45) is 8.65. The summed E-state index contributed by atoms with van der Waals surface area (Å²) in [5.74, 6) is 0. The van der Waals surface area contributed by atoms with Crippen molar-refractivity contribution in [2.75, 3.05) is 13.2 Å². The van der Waals surface area contributed by atoms with Crippen molar-refractivity contribution in [3.8, 4) is 0 Å². The SMILES string of the molecule is NC1CCC(N(CCCO)C2CCC2)C1. The van der Waals surface area contributed by atoms with Crippen LogP contribution in [0.25, 0.3) is 0 Å². The van der Waals surface area contributed by atoms with E-state index in [-0.39, 0.29) is 0 Å². The molecule has 2 fully saturated rings. The molecule has 0 heterocycles. The summed E-state index contributed by atoms with van der Waals surface area (Å²) in [5, 5.41) is 8.93. The van der Waals surface area contributed by atoms with Crippen LogP contribution >= 0.6 is 0 Å². The molecule has 0 aromatic carbocycles. The molecular weight excluding hydrogens is 188 g/mol. The van der Waals surface area contributed by atoms with Gasteiger partial charge < -0.3 is 10.8 Å². The van der Waals surface area contributed by atoms with E-state index in [1.807, 2.05) is 0 Å². The maximum atomic E-state index is 8.93. The van der Waals surface area contributed by atoms with Gasteiger partial charge in [0.05, 0.1) is 0 Å². The predicted octanol–water partition coefficient (Wildman–Crippen LogP) is 1.10. The van der Waals surface area contributed by atoms with Crippen molar-refractivity contribution in [2.24, 2.45) is 5.73 Å². The minimum atomic E-state index is 0.321. The second-order valence-corrected chi connectivity index (χ2v) is 5.13. The normalized spacial score (nSPS) is 32.2. The van der Waals surface area contributed by atoms with E-state index in [0.717, 1.165) is 19.0 Å². The molecule has 2 saturated carbocycles. The predicted molar refractivity (Wildman–Crippen MR) is 61.7 cm³/mol. The molecular formula is C12H24N2O. The summed E-state index contributed by atoms with van der Waals surface area (Å²) in [6.45, 7) is 1.39. The molecule has 0 aromatic heterocycles. The zero-order chi connectivity index (χ0) is 10.7. The third-order valence-corrected chi connectivity index (χ3v) is 4.03. The van der Waals surface area contributed by atoms with Gasteiger partial charge in [-0.1, -0.05) is 6.42 Å². The first-order valence-corrected chi connectivity index (χ1v) is 6.43. The van der Waals surface area contributed by atoms with Gasteiger partial charge in [-0.3, -0.25) is 4.90 Å². The number of hydrogen-bond donors (Lipinski definition) is 2. The van der Waals surface area contributed by atoms with Gasteiger partial charge in [0.15, 0.2) is 0 Å². The first-order chi connectivity index (χ1) is 7.31. The van der Waals surface area contributed by atoms with E-state index in [9.17, 15) is 0 Å². The highest BCUT2D eigenvalue weighted by molar-refractivity contribution is 4.90. The molecule has 2 unspecified atom stereocenters. The fourth-order valence-corrected chi connectivity index (χ4v) is 2.93. The van der Waals surface area contributed by atoms with E-state index in [2.05, 4.69) is 4.90 Å². The lowest BCUT2D eigenvalue weighted by atomic mass is 9.90. The van der Waals surface area contributed by atoms with Crippen molar-refractivity contribution in [1.29, 1.82) is 0 Å². The third kappa shape index (κ3) is 2.71. The minimum absolute atomic E-state index is 0.321. The summed E-state index contributed by atoms with van der Waals surface area (Å²) in [4.78, 5) is 2.63. The largest absolute Gasteiger partial charge is 0.396 e. The molecule has 88 valence electrons. The highest BCUT2D eigenvalue weighted by Crippen LogP contribution is 2.32. The highest BCUT2D eigenvalue weighted by Gasteiger charge is 2.33. The van der Waals surface area contributed by atoms with Crippen molar-refractivity contribution < 1.29 is 5.11 Å². The third-order valence-electron chi connectivity index (χ3n) is 4.03. The number of hydrogen-bond acceptors (Lipinski definition) is 3. The fraction of sp³-hybridized carbons (Fsp3) is 1.00. The molecule has 2 rings (SSSR count). The Labute approximate surface area is 92.6 Å². The van der Waals surface area contributed by atoms with Gasteiger partial charge in [0, 0.05) is 31.3 Å². The second kappa shape index (κ2) is 5.28. The van der Waals surface area contributed by atoms with Crippen molar-refractivity contribution in [3.63, 3.8) is 0 Å². The maximum Gasteiger partial charge on any atom is 0.0443 e. The van der Waals surface area contributed by atoms with Crippen LogP contribution in [0.1, 0.15) is 44.9 Å². The fourth-order valence-electron chi connectivity index (χ4n) is 2.93. The van der Waals surface area contributed by atoms with Crippen LogP contribution in [0.15, 0.2) is 0 Å². The van der Waals surface area contributed by atoms with E-state index in [0.29, 0.717) is 18.7 Å². The summed E-state index contributed by atoms with van der Waals surface area (Å²) in [6, 6.07) is 1.93. The van der Waals surface area contributed by atoms with Crippen LogP contribution in [0, 0.1) is 0 Å². The van der Waals surface area contributed by atoms with E-state index in [1.165, 1.54) is 38.5 Å². The quantitative estimate of drug-likeness (QED) is 0.717. The lowest BCUT2D eigenvalue weighted by Gasteiger charge is -2.41. The molecule has 0 radical (unpaired) electrons.